The SMILES string of the molecule is CCCCN(C(=O)COC(=O)c1cccc([N+](=O)[O-])c1C)[C@@H]1CCS(=O)(=O)C1. The van der Waals surface area contributed by atoms with Crippen LogP contribution in [0.2, 0.25) is 0 Å². The number of rotatable bonds is 8. The smallest absolute Gasteiger partial charge is 0.339 e. The summed E-state index contributed by atoms with van der Waals surface area (Å²) >= 11 is 0. The maximum absolute atomic E-state index is 12.6. The van der Waals surface area contributed by atoms with E-state index in [4.69, 9.17) is 4.74 Å². The van der Waals surface area contributed by atoms with Crippen molar-refractivity contribution in [3.05, 3.63) is 39.4 Å². The van der Waals surface area contributed by atoms with E-state index in [-0.39, 0.29) is 28.3 Å². The zero-order valence-corrected chi connectivity index (χ0v) is 16.7. The molecule has 0 bridgehead atoms. The van der Waals surface area contributed by atoms with Gasteiger partial charge in [0.2, 0.25) is 0 Å². The Morgan fingerprint density at radius 3 is 2.64 bits per heavy atom. The Morgan fingerprint density at radius 2 is 2.07 bits per heavy atom. The van der Waals surface area contributed by atoms with Crippen LogP contribution in [0.4, 0.5) is 5.69 Å². The molecule has 0 radical (unpaired) electrons. The lowest BCUT2D eigenvalue weighted by Gasteiger charge is -2.28. The third kappa shape index (κ3) is 5.28. The average Bonchev–Trinajstić information content (AvgIpc) is 2.99. The third-order valence-electron chi connectivity index (χ3n) is 4.77. The largest absolute Gasteiger partial charge is 0.452 e. The highest BCUT2D eigenvalue weighted by Crippen LogP contribution is 2.22. The molecule has 9 nitrogen and oxygen atoms in total. The number of hydrogen-bond acceptors (Lipinski definition) is 7. The van der Waals surface area contributed by atoms with Crippen LogP contribution in [0.15, 0.2) is 18.2 Å². The van der Waals surface area contributed by atoms with Gasteiger partial charge in [-0.15, -0.1) is 0 Å². The molecule has 1 aliphatic heterocycles. The molecule has 28 heavy (non-hydrogen) atoms. The third-order valence-corrected chi connectivity index (χ3v) is 6.52. The van der Waals surface area contributed by atoms with Gasteiger partial charge in [0.1, 0.15) is 0 Å². The summed E-state index contributed by atoms with van der Waals surface area (Å²) in [5.41, 5.74) is -0.0262. The van der Waals surface area contributed by atoms with Gasteiger partial charge in [-0.1, -0.05) is 19.4 Å². The number of carbonyl (C=O) groups excluding carboxylic acids is 2. The summed E-state index contributed by atoms with van der Waals surface area (Å²) in [4.78, 5) is 36.8. The second kappa shape index (κ2) is 9.13. The molecule has 1 aliphatic rings. The summed E-state index contributed by atoms with van der Waals surface area (Å²) < 4.78 is 28.6. The lowest BCUT2D eigenvalue weighted by Crippen LogP contribution is -2.43. The molecule has 1 amide bonds. The molecule has 1 fully saturated rings. The fraction of sp³-hybridized carbons (Fsp3) is 0.556. The number of amides is 1. The molecule has 10 heteroatoms. The van der Waals surface area contributed by atoms with Crippen LogP contribution in [0.25, 0.3) is 0 Å². The monoisotopic (exact) mass is 412 g/mol. The first-order valence-electron chi connectivity index (χ1n) is 9.07. The number of esters is 1. The summed E-state index contributed by atoms with van der Waals surface area (Å²) in [6, 6.07) is 3.64. The van der Waals surface area contributed by atoms with Gasteiger partial charge in [0.05, 0.1) is 22.0 Å². The molecule has 0 saturated carbocycles. The second-order valence-electron chi connectivity index (χ2n) is 6.78. The minimum Gasteiger partial charge on any atom is -0.452 e. The number of benzene rings is 1. The summed E-state index contributed by atoms with van der Waals surface area (Å²) in [5, 5.41) is 11.0. The van der Waals surface area contributed by atoms with Gasteiger partial charge in [-0.3, -0.25) is 14.9 Å². The highest BCUT2D eigenvalue weighted by Gasteiger charge is 2.34. The van der Waals surface area contributed by atoms with E-state index in [0.29, 0.717) is 19.4 Å². The summed E-state index contributed by atoms with van der Waals surface area (Å²) in [6.07, 6.45) is 1.91. The molecule has 0 aliphatic carbocycles. The lowest BCUT2D eigenvalue weighted by molar-refractivity contribution is -0.385. The van der Waals surface area contributed by atoms with Gasteiger partial charge in [0, 0.05) is 24.2 Å². The van der Waals surface area contributed by atoms with Crippen LogP contribution in [-0.4, -0.2) is 60.8 Å². The van der Waals surface area contributed by atoms with Crippen molar-refractivity contribution in [2.24, 2.45) is 0 Å². The van der Waals surface area contributed by atoms with Gasteiger partial charge in [-0.2, -0.15) is 0 Å². The van der Waals surface area contributed by atoms with Gasteiger partial charge >= 0.3 is 5.97 Å². The van der Waals surface area contributed by atoms with E-state index < -0.39 is 39.3 Å². The zero-order chi connectivity index (χ0) is 20.9. The Kier molecular flexibility index (Phi) is 7.11. The van der Waals surface area contributed by atoms with Crippen LogP contribution in [0, 0.1) is 17.0 Å². The van der Waals surface area contributed by atoms with Crippen molar-refractivity contribution in [2.75, 3.05) is 24.7 Å². The van der Waals surface area contributed by atoms with Gasteiger partial charge in [0.25, 0.3) is 11.6 Å². The number of unbranched alkanes of at least 4 members (excludes halogenated alkanes) is 1. The number of carbonyl (C=O) groups is 2. The molecule has 2 rings (SSSR count). The van der Waals surface area contributed by atoms with E-state index in [2.05, 4.69) is 0 Å². The van der Waals surface area contributed by atoms with E-state index in [0.717, 1.165) is 6.42 Å². The molecular weight excluding hydrogens is 388 g/mol. The first-order chi connectivity index (χ1) is 13.2. The van der Waals surface area contributed by atoms with Crippen molar-refractivity contribution in [1.29, 1.82) is 0 Å². The molecular formula is C18H24N2O7S. The Balaban J connectivity index is 2.07. The molecule has 1 aromatic carbocycles. The Morgan fingerprint density at radius 1 is 1.36 bits per heavy atom. The molecule has 0 N–H and O–H groups in total. The van der Waals surface area contributed by atoms with Crippen molar-refractivity contribution in [3.63, 3.8) is 0 Å². The second-order valence-corrected chi connectivity index (χ2v) is 9.01. The maximum Gasteiger partial charge on any atom is 0.339 e. The summed E-state index contributed by atoms with van der Waals surface area (Å²) in [6.45, 7) is 3.25. The number of ether oxygens (including phenoxy) is 1. The molecule has 0 spiro atoms. The van der Waals surface area contributed by atoms with Gasteiger partial charge in [0.15, 0.2) is 16.4 Å². The van der Waals surface area contributed by atoms with Crippen molar-refractivity contribution in [3.8, 4) is 0 Å². The molecule has 1 aromatic rings. The van der Waals surface area contributed by atoms with Gasteiger partial charge in [-0.05, 0) is 25.8 Å². The average molecular weight is 412 g/mol. The normalized spacial score (nSPS) is 17.9. The fourth-order valence-electron chi connectivity index (χ4n) is 3.19. The highest BCUT2D eigenvalue weighted by atomic mass is 32.2. The van der Waals surface area contributed by atoms with Gasteiger partial charge in [-0.25, -0.2) is 13.2 Å². The number of nitrogens with zero attached hydrogens (tertiary/aromatic N) is 2. The zero-order valence-electron chi connectivity index (χ0n) is 15.9. The minimum atomic E-state index is -3.16. The molecule has 1 heterocycles. The lowest BCUT2D eigenvalue weighted by atomic mass is 10.1. The number of nitro benzene ring substituents is 1. The molecule has 0 aromatic heterocycles. The molecule has 1 saturated heterocycles. The number of hydrogen-bond donors (Lipinski definition) is 0. The molecule has 1 atom stereocenters. The Labute approximate surface area is 163 Å². The minimum absolute atomic E-state index is 0.0190. The van der Waals surface area contributed by atoms with Crippen LogP contribution < -0.4 is 0 Å². The van der Waals surface area contributed by atoms with E-state index >= 15 is 0 Å². The first kappa shape index (κ1) is 21.8. The Hall–Kier alpha value is -2.49. The highest BCUT2D eigenvalue weighted by molar-refractivity contribution is 7.91. The van der Waals surface area contributed by atoms with Crippen LogP contribution in [0.1, 0.15) is 42.1 Å². The van der Waals surface area contributed by atoms with Crippen molar-refractivity contribution in [2.45, 2.75) is 39.2 Å². The molecule has 0 unspecified atom stereocenters. The Bertz CT molecular complexity index is 867. The standard InChI is InChI=1S/C18H24N2O7S/c1-3-4-9-19(14-8-10-28(25,26)12-14)17(21)11-27-18(22)15-6-5-7-16(13(15)2)20(23)24/h5-7,14H,3-4,8-12H2,1-2H3/t14-/m1/s1. The number of nitro groups is 1. The van der Waals surface area contributed by atoms with Crippen LogP contribution in [0.5, 0.6) is 0 Å². The van der Waals surface area contributed by atoms with E-state index in [1.54, 1.807) is 0 Å². The summed E-state index contributed by atoms with van der Waals surface area (Å²) in [7, 11) is -3.16. The van der Waals surface area contributed by atoms with Crippen molar-refractivity contribution >= 4 is 27.4 Å². The summed E-state index contributed by atoms with van der Waals surface area (Å²) in [5.74, 6) is -1.34. The predicted octanol–water partition coefficient (Wildman–Crippen LogP) is 1.88. The fourth-order valence-corrected chi connectivity index (χ4v) is 4.92. The first-order valence-corrected chi connectivity index (χ1v) is 10.9. The maximum atomic E-state index is 12.6. The van der Waals surface area contributed by atoms with Crippen molar-refractivity contribution < 1.29 is 27.7 Å². The van der Waals surface area contributed by atoms with Gasteiger partial charge < -0.3 is 9.64 Å². The predicted molar refractivity (Wildman–Crippen MR) is 102 cm³/mol. The number of sulfone groups is 1. The van der Waals surface area contributed by atoms with Crippen LogP contribution >= 0.6 is 0 Å². The van der Waals surface area contributed by atoms with Crippen LogP contribution in [-0.2, 0) is 19.4 Å². The van der Waals surface area contributed by atoms with E-state index in [1.165, 1.54) is 30.0 Å². The van der Waals surface area contributed by atoms with Crippen LogP contribution in [0.3, 0.4) is 0 Å². The quantitative estimate of drug-likeness (QED) is 0.363. The topological polar surface area (TPSA) is 124 Å². The van der Waals surface area contributed by atoms with E-state index in [1.807, 2.05) is 6.92 Å². The molecule has 154 valence electrons. The van der Waals surface area contributed by atoms with E-state index in [9.17, 15) is 28.1 Å². The van der Waals surface area contributed by atoms with Crippen molar-refractivity contribution in [1.82, 2.24) is 4.90 Å².